The van der Waals surface area contributed by atoms with Gasteiger partial charge in [0.05, 0.1) is 5.56 Å². The molecule has 1 heterocycles. The van der Waals surface area contributed by atoms with Crippen LogP contribution in [0.15, 0.2) is 16.7 Å². The predicted molar refractivity (Wildman–Crippen MR) is 65.7 cm³/mol. The number of aryl methyl sites for hydroxylation is 1. The van der Waals surface area contributed by atoms with E-state index in [1.165, 1.54) is 6.26 Å². The Hall–Kier alpha value is -1.29. The zero-order valence-electron chi connectivity index (χ0n) is 10.5. The summed E-state index contributed by atoms with van der Waals surface area (Å²) >= 11 is 0. The van der Waals surface area contributed by atoms with Gasteiger partial charge in [-0.15, -0.1) is 0 Å². The Morgan fingerprint density at radius 1 is 1.59 bits per heavy atom. The highest BCUT2D eigenvalue weighted by Crippen LogP contribution is 2.29. The molecule has 1 fully saturated rings. The molecule has 1 amide bonds. The van der Waals surface area contributed by atoms with Gasteiger partial charge in [-0.05, 0) is 38.3 Å². The van der Waals surface area contributed by atoms with E-state index in [0.717, 1.165) is 25.0 Å². The van der Waals surface area contributed by atoms with Crippen LogP contribution in [0, 0.1) is 12.8 Å². The number of rotatable bonds is 3. The second-order valence-corrected chi connectivity index (χ2v) is 4.86. The summed E-state index contributed by atoms with van der Waals surface area (Å²) in [6, 6.07) is 2.06. The molecule has 1 aliphatic rings. The minimum atomic E-state index is 0.0344. The van der Waals surface area contributed by atoms with Crippen LogP contribution in [0.5, 0.6) is 0 Å². The van der Waals surface area contributed by atoms with E-state index >= 15 is 0 Å². The third kappa shape index (κ3) is 2.36. The van der Waals surface area contributed by atoms with Gasteiger partial charge in [0.15, 0.2) is 0 Å². The first-order chi connectivity index (χ1) is 8.13. The van der Waals surface area contributed by atoms with Gasteiger partial charge in [-0.2, -0.15) is 0 Å². The summed E-state index contributed by atoms with van der Waals surface area (Å²) in [5, 5.41) is 0. The van der Waals surface area contributed by atoms with E-state index in [1.807, 2.05) is 18.9 Å². The fraction of sp³-hybridized carbons (Fsp3) is 0.615. The predicted octanol–water partition coefficient (Wildman–Crippen LogP) is 1.79. The SMILES string of the molecule is Cc1cc(C(=O)N(C)C2CCCC2CN)co1. The Morgan fingerprint density at radius 3 is 2.94 bits per heavy atom. The third-order valence-corrected chi connectivity index (χ3v) is 3.72. The summed E-state index contributed by atoms with van der Waals surface area (Å²) in [5.41, 5.74) is 6.38. The fourth-order valence-corrected chi connectivity index (χ4v) is 2.71. The molecule has 0 spiro atoms. The summed E-state index contributed by atoms with van der Waals surface area (Å²) in [4.78, 5) is 14.1. The summed E-state index contributed by atoms with van der Waals surface area (Å²) in [6.45, 7) is 2.50. The first kappa shape index (κ1) is 12.2. The van der Waals surface area contributed by atoms with Gasteiger partial charge in [-0.3, -0.25) is 4.79 Å². The van der Waals surface area contributed by atoms with Crippen molar-refractivity contribution < 1.29 is 9.21 Å². The molecule has 2 unspecified atom stereocenters. The molecule has 2 rings (SSSR count). The smallest absolute Gasteiger partial charge is 0.257 e. The van der Waals surface area contributed by atoms with E-state index < -0.39 is 0 Å². The summed E-state index contributed by atoms with van der Waals surface area (Å²) < 4.78 is 5.18. The van der Waals surface area contributed by atoms with Crippen LogP contribution in [0.4, 0.5) is 0 Å². The molecule has 1 saturated carbocycles. The summed E-state index contributed by atoms with van der Waals surface area (Å²) in [7, 11) is 1.86. The molecule has 4 nitrogen and oxygen atoms in total. The summed E-state index contributed by atoms with van der Waals surface area (Å²) in [5.74, 6) is 1.24. The van der Waals surface area contributed by atoms with Crippen LogP contribution in [0.2, 0.25) is 0 Å². The molecule has 2 N–H and O–H groups in total. The Kier molecular flexibility index (Phi) is 3.52. The van der Waals surface area contributed by atoms with Crippen molar-refractivity contribution in [1.29, 1.82) is 0 Å². The van der Waals surface area contributed by atoms with Crippen molar-refractivity contribution in [3.63, 3.8) is 0 Å². The molecule has 0 aliphatic heterocycles. The monoisotopic (exact) mass is 236 g/mol. The number of hydrogen-bond donors (Lipinski definition) is 1. The normalized spacial score (nSPS) is 23.9. The number of amides is 1. The maximum Gasteiger partial charge on any atom is 0.257 e. The lowest BCUT2D eigenvalue weighted by molar-refractivity contribution is 0.0699. The van der Waals surface area contributed by atoms with Crippen molar-refractivity contribution in [3.8, 4) is 0 Å². The quantitative estimate of drug-likeness (QED) is 0.870. The Morgan fingerprint density at radius 2 is 2.35 bits per heavy atom. The molecule has 0 radical (unpaired) electrons. The molecule has 0 aromatic carbocycles. The van der Waals surface area contributed by atoms with Crippen molar-refractivity contribution in [2.24, 2.45) is 11.7 Å². The zero-order chi connectivity index (χ0) is 12.4. The zero-order valence-corrected chi connectivity index (χ0v) is 10.5. The second kappa shape index (κ2) is 4.92. The van der Waals surface area contributed by atoms with Crippen LogP contribution in [0.3, 0.4) is 0 Å². The van der Waals surface area contributed by atoms with Crippen molar-refractivity contribution in [2.75, 3.05) is 13.6 Å². The standard InChI is InChI=1S/C13H20N2O2/c1-9-6-11(8-17-9)13(16)15(2)12-5-3-4-10(12)7-14/h6,8,10,12H,3-5,7,14H2,1-2H3. The number of carbonyl (C=O) groups excluding carboxylic acids is 1. The van der Waals surface area contributed by atoms with Gasteiger partial charge in [0, 0.05) is 13.1 Å². The van der Waals surface area contributed by atoms with Crippen LogP contribution >= 0.6 is 0 Å². The molecule has 1 aromatic heterocycles. The average Bonchev–Trinajstić information content (AvgIpc) is 2.95. The van der Waals surface area contributed by atoms with Gasteiger partial charge in [0.1, 0.15) is 12.0 Å². The Labute approximate surface area is 102 Å². The van der Waals surface area contributed by atoms with Crippen LogP contribution in [-0.2, 0) is 0 Å². The first-order valence-corrected chi connectivity index (χ1v) is 6.16. The molecular weight excluding hydrogens is 216 g/mol. The van der Waals surface area contributed by atoms with Crippen LogP contribution in [0.25, 0.3) is 0 Å². The lowest BCUT2D eigenvalue weighted by Gasteiger charge is -2.28. The van der Waals surface area contributed by atoms with Gasteiger partial charge in [-0.25, -0.2) is 0 Å². The maximum absolute atomic E-state index is 12.2. The number of carbonyl (C=O) groups is 1. The van der Waals surface area contributed by atoms with E-state index in [4.69, 9.17) is 10.2 Å². The number of hydrogen-bond acceptors (Lipinski definition) is 3. The number of nitrogens with zero attached hydrogens (tertiary/aromatic N) is 1. The van der Waals surface area contributed by atoms with E-state index in [0.29, 0.717) is 18.0 Å². The molecule has 0 saturated heterocycles. The van der Waals surface area contributed by atoms with Crippen LogP contribution in [-0.4, -0.2) is 30.4 Å². The lowest BCUT2D eigenvalue weighted by atomic mass is 10.0. The molecule has 17 heavy (non-hydrogen) atoms. The van der Waals surface area contributed by atoms with E-state index in [-0.39, 0.29) is 11.9 Å². The first-order valence-electron chi connectivity index (χ1n) is 6.16. The minimum absolute atomic E-state index is 0.0344. The average molecular weight is 236 g/mol. The molecule has 2 atom stereocenters. The molecular formula is C13H20N2O2. The van der Waals surface area contributed by atoms with Gasteiger partial charge >= 0.3 is 0 Å². The molecule has 94 valence electrons. The van der Waals surface area contributed by atoms with Crippen LogP contribution in [0.1, 0.15) is 35.4 Å². The molecule has 1 aliphatic carbocycles. The van der Waals surface area contributed by atoms with E-state index in [9.17, 15) is 4.79 Å². The highest BCUT2D eigenvalue weighted by Gasteiger charge is 2.32. The van der Waals surface area contributed by atoms with E-state index in [1.54, 1.807) is 6.07 Å². The topological polar surface area (TPSA) is 59.5 Å². The number of furan rings is 1. The lowest BCUT2D eigenvalue weighted by Crippen LogP contribution is -2.41. The highest BCUT2D eigenvalue weighted by atomic mass is 16.3. The van der Waals surface area contributed by atoms with Gasteiger partial charge in [-0.1, -0.05) is 6.42 Å². The largest absolute Gasteiger partial charge is 0.469 e. The molecule has 0 bridgehead atoms. The van der Waals surface area contributed by atoms with E-state index in [2.05, 4.69) is 0 Å². The molecule has 4 heteroatoms. The van der Waals surface area contributed by atoms with Crippen molar-refractivity contribution in [1.82, 2.24) is 4.90 Å². The van der Waals surface area contributed by atoms with Gasteiger partial charge in [0.25, 0.3) is 5.91 Å². The fourth-order valence-electron chi connectivity index (χ4n) is 2.71. The third-order valence-electron chi connectivity index (χ3n) is 3.72. The van der Waals surface area contributed by atoms with Gasteiger partial charge in [0.2, 0.25) is 0 Å². The van der Waals surface area contributed by atoms with Crippen molar-refractivity contribution in [3.05, 3.63) is 23.7 Å². The Balaban J connectivity index is 2.09. The number of nitrogens with two attached hydrogens (primary N) is 1. The summed E-state index contributed by atoms with van der Waals surface area (Å²) in [6.07, 6.45) is 4.87. The Bertz CT molecular complexity index is 400. The van der Waals surface area contributed by atoms with Crippen molar-refractivity contribution in [2.45, 2.75) is 32.2 Å². The molecule has 1 aromatic rings. The van der Waals surface area contributed by atoms with Crippen molar-refractivity contribution >= 4 is 5.91 Å². The maximum atomic E-state index is 12.2. The second-order valence-electron chi connectivity index (χ2n) is 4.86. The highest BCUT2D eigenvalue weighted by molar-refractivity contribution is 5.94. The minimum Gasteiger partial charge on any atom is -0.469 e. The van der Waals surface area contributed by atoms with Gasteiger partial charge < -0.3 is 15.1 Å². The van der Waals surface area contributed by atoms with Crippen LogP contribution < -0.4 is 5.73 Å².